The molecule has 2 unspecified atom stereocenters. The zero-order valence-corrected chi connectivity index (χ0v) is 21.5. The number of nitrogens with one attached hydrogen (secondary N) is 1. The van der Waals surface area contributed by atoms with E-state index in [1.165, 1.54) is 18.4 Å². The van der Waals surface area contributed by atoms with E-state index in [4.69, 9.17) is 0 Å². The highest BCUT2D eigenvalue weighted by Gasteiger charge is 2.35. The van der Waals surface area contributed by atoms with Gasteiger partial charge in [-0.25, -0.2) is 0 Å². The third-order valence-corrected chi connectivity index (χ3v) is 7.79. The largest absolute Gasteiger partial charge is 0.412 e. The van der Waals surface area contributed by atoms with Crippen molar-refractivity contribution < 1.29 is 10.3 Å². The highest BCUT2D eigenvalue weighted by atomic mass is 79.9. The number of thioether (sulfide) groups is 1. The summed E-state index contributed by atoms with van der Waals surface area (Å²) in [6, 6.07) is 18.6. The van der Waals surface area contributed by atoms with E-state index >= 15 is 0 Å². The Balaban J connectivity index is 0.000000548. The summed E-state index contributed by atoms with van der Waals surface area (Å²) in [5.74, 6) is 0.0634. The van der Waals surface area contributed by atoms with Crippen LogP contribution in [0.25, 0.3) is 0 Å². The minimum absolute atomic E-state index is 0. The number of amides is 1. The Morgan fingerprint density at radius 2 is 1.69 bits per heavy atom. The molecule has 3 N–H and O–H groups in total. The molecule has 2 heterocycles. The predicted octanol–water partition coefficient (Wildman–Crippen LogP) is 4.69. The molecule has 7 heteroatoms. The fourth-order valence-electron chi connectivity index (χ4n) is 3.82. The molecule has 176 valence electrons. The number of hydrogen-bond acceptors (Lipinski definition) is 4. The van der Waals surface area contributed by atoms with Crippen LogP contribution < -0.4 is 5.32 Å². The highest BCUT2D eigenvalue weighted by Crippen LogP contribution is 2.46. The van der Waals surface area contributed by atoms with Gasteiger partial charge >= 0.3 is 0 Å². The molecular formula is C25H36BrN3O2S. The SMILES string of the molecule is CCCCBr.CN1CCN(CC2C(=O)Nc3ccccc3SC2c2ccccc2)CC1.O. The second kappa shape index (κ2) is 14.0. The third kappa shape index (κ3) is 7.59. The summed E-state index contributed by atoms with van der Waals surface area (Å²) in [6.45, 7) is 7.18. The predicted molar refractivity (Wildman–Crippen MR) is 140 cm³/mol. The Morgan fingerprint density at radius 3 is 2.31 bits per heavy atom. The molecule has 0 saturated carbocycles. The number of halogens is 1. The second-order valence-electron chi connectivity index (χ2n) is 8.19. The van der Waals surface area contributed by atoms with Gasteiger partial charge in [0.05, 0.1) is 11.6 Å². The van der Waals surface area contributed by atoms with Crippen molar-refractivity contribution in [3.05, 3.63) is 60.2 Å². The van der Waals surface area contributed by atoms with E-state index in [1.54, 1.807) is 0 Å². The lowest BCUT2D eigenvalue weighted by atomic mass is 9.96. The Morgan fingerprint density at radius 1 is 1.03 bits per heavy atom. The van der Waals surface area contributed by atoms with Gasteiger partial charge in [0.25, 0.3) is 0 Å². The number of piperazine rings is 1. The maximum absolute atomic E-state index is 13.1. The van der Waals surface area contributed by atoms with Gasteiger partial charge in [-0.2, -0.15) is 0 Å². The highest BCUT2D eigenvalue weighted by molar-refractivity contribution is 9.09. The minimum atomic E-state index is -0.0711. The van der Waals surface area contributed by atoms with Crippen LogP contribution >= 0.6 is 27.7 Å². The molecule has 0 aromatic heterocycles. The maximum atomic E-state index is 13.1. The molecule has 2 aliphatic rings. The van der Waals surface area contributed by atoms with E-state index in [9.17, 15) is 4.79 Å². The van der Waals surface area contributed by atoms with Crippen LogP contribution in [-0.2, 0) is 4.79 Å². The summed E-state index contributed by atoms with van der Waals surface area (Å²) in [5.41, 5.74) is 2.16. The van der Waals surface area contributed by atoms with Crippen LogP contribution in [0.1, 0.15) is 30.6 Å². The molecule has 0 aliphatic carbocycles. The number of likely N-dealkylation sites (N-methyl/N-ethyl adjacent to an activating group) is 1. The third-order valence-electron chi connectivity index (χ3n) is 5.77. The van der Waals surface area contributed by atoms with Crippen LogP contribution in [0.15, 0.2) is 59.5 Å². The first-order valence-corrected chi connectivity index (χ1v) is 13.2. The lowest BCUT2D eigenvalue weighted by Crippen LogP contribution is -2.48. The number of anilines is 1. The molecule has 32 heavy (non-hydrogen) atoms. The molecule has 2 aliphatic heterocycles. The molecule has 5 nitrogen and oxygen atoms in total. The first-order valence-electron chi connectivity index (χ1n) is 11.2. The van der Waals surface area contributed by atoms with Crippen molar-refractivity contribution in [3.8, 4) is 0 Å². The van der Waals surface area contributed by atoms with E-state index in [0.29, 0.717) is 0 Å². The molecular weight excluding hydrogens is 486 g/mol. The number of nitrogens with zero attached hydrogens (tertiary/aromatic N) is 2. The molecule has 0 radical (unpaired) electrons. The van der Waals surface area contributed by atoms with Gasteiger partial charge in [0.1, 0.15) is 0 Å². The second-order valence-corrected chi connectivity index (χ2v) is 10.2. The summed E-state index contributed by atoms with van der Waals surface area (Å²) in [6.07, 6.45) is 2.60. The van der Waals surface area contributed by atoms with Crippen molar-refractivity contribution >= 4 is 39.3 Å². The van der Waals surface area contributed by atoms with Crippen molar-refractivity contribution in [2.45, 2.75) is 29.9 Å². The van der Waals surface area contributed by atoms with Crippen molar-refractivity contribution in [1.29, 1.82) is 0 Å². The number of hydrogen-bond donors (Lipinski definition) is 1. The number of fused-ring (bicyclic) bond motifs is 1. The van der Waals surface area contributed by atoms with E-state index in [0.717, 1.165) is 48.6 Å². The summed E-state index contributed by atoms with van der Waals surface area (Å²) in [7, 11) is 2.16. The molecule has 2 aromatic carbocycles. The Bertz CT molecular complexity index is 814. The Labute approximate surface area is 205 Å². The van der Waals surface area contributed by atoms with Crippen LogP contribution in [0.3, 0.4) is 0 Å². The molecule has 4 rings (SSSR count). The van der Waals surface area contributed by atoms with Crippen molar-refractivity contribution in [2.24, 2.45) is 5.92 Å². The van der Waals surface area contributed by atoms with Crippen LogP contribution in [0, 0.1) is 5.92 Å². The smallest absolute Gasteiger partial charge is 0.230 e. The standard InChI is InChI=1S/C21H25N3OS.C4H9Br.H2O/c1-23-11-13-24(14-12-23)15-17-20(16-7-3-2-4-8-16)26-19-10-6-5-9-18(19)22-21(17)25;1-2-3-4-5;/h2-10,17,20H,11-15H2,1H3,(H,22,25);2-4H2,1H3;1H2. The lowest BCUT2D eigenvalue weighted by molar-refractivity contribution is -0.120. The molecule has 1 saturated heterocycles. The van der Waals surface area contributed by atoms with Crippen molar-refractivity contribution in [3.63, 3.8) is 0 Å². The Hall–Kier alpha value is -1.38. The van der Waals surface area contributed by atoms with Gasteiger partial charge in [0.2, 0.25) is 5.91 Å². The zero-order valence-electron chi connectivity index (χ0n) is 19.1. The van der Waals surface area contributed by atoms with Crippen LogP contribution in [0.5, 0.6) is 0 Å². The molecule has 0 spiro atoms. The fraction of sp³-hybridized carbons (Fsp3) is 0.480. The monoisotopic (exact) mass is 521 g/mol. The van der Waals surface area contributed by atoms with Gasteiger partial charge < -0.3 is 15.7 Å². The van der Waals surface area contributed by atoms with Gasteiger partial charge in [-0.05, 0) is 31.2 Å². The number of alkyl halides is 1. The number of carbonyl (C=O) groups is 1. The summed E-state index contributed by atoms with van der Waals surface area (Å²) >= 11 is 5.12. The summed E-state index contributed by atoms with van der Waals surface area (Å²) in [5, 5.41) is 4.45. The van der Waals surface area contributed by atoms with E-state index in [2.05, 4.69) is 75.3 Å². The summed E-state index contributed by atoms with van der Waals surface area (Å²) < 4.78 is 0. The molecule has 1 fully saturated rings. The first kappa shape index (κ1) is 26.9. The van der Waals surface area contributed by atoms with Gasteiger partial charge in [0.15, 0.2) is 0 Å². The van der Waals surface area contributed by atoms with Crippen LogP contribution in [-0.4, -0.2) is 66.3 Å². The van der Waals surface area contributed by atoms with Crippen molar-refractivity contribution in [2.75, 3.05) is 50.4 Å². The van der Waals surface area contributed by atoms with Crippen LogP contribution in [0.4, 0.5) is 5.69 Å². The first-order chi connectivity index (χ1) is 15.1. The number of para-hydroxylation sites is 1. The van der Waals surface area contributed by atoms with Crippen LogP contribution in [0.2, 0.25) is 0 Å². The molecule has 2 aromatic rings. The molecule has 1 amide bonds. The van der Waals surface area contributed by atoms with Gasteiger partial charge in [0, 0.05) is 48.2 Å². The van der Waals surface area contributed by atoms with Crippen molar-refractivity contribution in [1.82, 2.24) is 9.80 Å². The van der Waals surface area contributed by atoms with Gasteiger partial charge in [-0.3, -0.25) is 9.69 Å². The zero-order chi connectivity index (χ0) is 22.1. The van der Waals surface area contributed by atoms with Gasteiger partial charge in [-0.1, -0.05) is 71.7 Å². The lowest BCUT2D eigenvalue weighted by Gasteiger charge is -2.35. The topological polar surface area (TPSA) is 67.1 Å². The number of rotatable bonds is 5. The molecule has 0 bridgehead atoms. The van der Waals surface area contributed by atoms with E-state index in [1.807, 2.05) is 36.0 Å². The number of unbranched alkanes of at least 4 members (excludes halogenated alkanes) is 1. The normalized spacial score (nSPS) is 21.3. The fourth-order valence-corrected chi connectivity index (χ4v) is 5.72. The number of carbonyl (C=O) groups excluding carboxylic acids is 1. The van der Waals surface area contributed by atoms with Gasteiger partial charge in [-0.15, -0.1) is 11.8 Å². The Kier molecular flexibility index (Phi) is 11.8. The number of benzene rings is 2. The van der Waals surface area contributed by atoms with E-state index in [-0.39, 0.29) is 22.6 Å². The maximum Gasteiger partial charge on any atom is 0.230 e. The minimum Gasteiger partial charge on any atom is -0.412 e. The average molecular weight is 523 g/mol. The summed E-state index contributed by atoms with van der Waals surface area (Å²) in [4.78, 5) is 19.1. The molecule has 2 atom stereocenters. The quantitative estimate of drug-likeness (QED) is 0.579. The van der Waals surface area contributed by atoms with E-state index < -0.39 is 0 Å². The average Bonchev–Trinajstić information content (AvgIpc) is 2.93.